The summed E-state index contributed by atoms with van der Waals surface area (Å²) in [4.78, 5) is 3.57. The molecule has 0 fully saturated rings. The number of rotatable bonds is 4. The molecule has 1 aromatic heterocycles. The minimum Gasteiger partial charge on any atom is -0.394 e. The summed E-state index contributed by atoms with van der Waals surface area (Å²) in [5.74, 6) is 0.106. The van der Waals surface area contributed by atoms with Gasteiger partial charge in [0.15, 0.2) is 0 Å². The average Bonchev–Trinajstić information content (AvgIpc) is 2.25. The van der Waals surface area contributed by atoms with E-state index >= 15 is 0 Å². The van der Waals surface area contributed by atoms with Crippen LogP contribution in [0.4, 0.5) is 13.2 Å². The SMILES string of the molecule is OCC(O)CSc1ncc(C(F)(F)F)cc1Cl. The van der Waals surface area contributed by atoms with Crippen LogP contribution in [0, 0.1) is 0 Å². The van der Waals surface area contributed by atoms with E-state index in [1.165, 1.54) is 0 Å². The lowest BCUT2D eigenvalue weighted by Crippen LogP contribution is -2.14. The van der Waals surface area contributed by atoms with E-state index in [0.717, 1.165) is 17.8 Å². The zero-order valence-electron chi connectivity index (χ0n) is 8.41. The Kier molecular flexibility index (Phi) is 5.05. The largest absolute Gasteiger partial charge is 0.417 e. The molecule has 0 saturated carbocycles. The quantitative estimate of drug-likeness (QED) is 0.834. The highest BCUT2D eigenvalue weighted by Gasteiger charge is 2.31. The van der Waals surface area contributed by atoms with E-state index in [0.29, 0.717) is 6.20 Å². The molecular formula is C9H9ClF3NO2S. The molecule has 2 N–H and O–H groups in total. The average molecular weight is 288 g/mol. The van der Waals surface area contributed by atoms with Crippen molar-refractivity contribution in [2.45, 2.75) is 17.3 Å². The maximum absolute atomic E-state index is 12.3. The molecule has 1 heterocycles. The Morgan fingerprint density at radius 2 is 2.12 bits per heavy atom. The molecule has 0 aliphatic rings. The van der Waals surface area contributed by atoms with E-state index in [1.807, 2.05) is 0 Å². The topological polar surface area (TPSA) is 53.4 Å². The molecule has 1 rings (SSSR count). The molecule has 17 heavy (non-hydrogen) atoms. The molecule has 1 unspecified atom stereocenters. The lowest BCUT2D eigenvalue weighted by Gasteiger charge is -2.10. The normalized spacial score (nSPS) is 13.8. The third-order valence-electron chi connectivity index (χ3n) is 1.76. The van der Waals surface area contributed by atoms with Crippen molar-refractivity contribution in [3.63, 3.8) is 0 Å². The van der Waals surface area contributed by atoms with Crippen molar-refractivity contribution < 1.29 is 23.4 Å². The van der Waals surface area contributed by atoms with Crippen LogP contribution in [0.15, 0.2) is 17.3 Å². The molecule has 1 aromatic rings. The minimum absolute atomic E-state index is 0.106. The number of hydrogen-bond acceptors (Lipinski definition) is 4. The van der Waals surface area contributed by atoms with Gasteiger partial charge in [-0.15, -0.1) is 11.8 Å². The number of aliphatic hydroxyl groups excluding tert-OH is 2. The Balaban J connectivity index is 2.77. The van der Waals surface area contributed by atoms with Crippen LogP contribution in [0.25, 0.3) is 0 Å². The molecule has 0 bridgehead atoms. The van der Waals surface area contributed by atoms with Gasteiger partial charge in [-0.1, -0.05) is 11.6 Å². The Bertz CT molecular complexity index is 389. The van der Waals surface area contributed by atoms with Gasteiger partial charge < -0.3 is 10.2 Å². The number of alkyl halides is 3. The van der Waals surface area contributed by atoms with Crippen molar-refractivity contribution in [2.75, 3.05) is 12.4 Å². The van der Waals surface area contributed by atoms with Crippen LogP contribution in [0.3, 0.4) is 0 Å². The molecule has 8 heteroatoms. The molecule has 0 radical (unpaired) electrons. The zero-order valence-corrected chi connectivity index (χ0v) is 9.98. The van der Waals surface area contributed by atoms with Crippen molar-refractivity contribution in [2.24, 2.45) is 0 Å². The maximum atomic E-state index is 12.3. The first-order chi connectivity index (χ1) is 7.84. The summed E-state index contributed by atoms with van der Waals surface area (Å²) in [7, 11) is 0. The Morgan fingerprint density at radius 1 is 1.47 bits per heavy atom. The van der Waals surface area contributed by atoms with Gasteiger partial charge >= 0.3 is 6.18 Å². The molecule has 0 saturated heterocycles. The van der Waals surface area contributed by atoms with E-state index in [-0.39, 0.29) is 15.8 Å². The molecule has 0 aromatic carbocycles. The van der Waals surface area contributed by atoms with Gasteiger partial charge in [-0.2, -0.15) is 13.2 Å². The van der Waals surface area contributed by atoms with Crippen molar-refractivity contribution in [1.82, 2.24) is 4.98 Å². The number of pyridine rings is 1. The minimum atomic E-state index is -4.48. The third-order valence-corrected chi connectivity index (χ3v) is 3.31. The number of halogens is 4. The zero-order chi connectivity index (χ0) is 13.1. The lowest BCUT2D eigenvalue weighted by atomic mass is 10.3. The maximum Gasteiger partial charge on any atom is 0.417 e. The Labute approximate surface area is 105 Å². The summed E-state index contributed by atoms with van der Waals surface area (Å²) < 4.78 is 36.9. The smallest absolute Gasteiger partial charge is 0.394 e. The highest BCUT2D eigenvalue weighted by atomic mass is 35.5. The highest BCUT2D eigenvalue weighted by molar-refractivity contribution is 7.99. The fourth-order valence-corrected chi connectivity index (χ4v) is 2.02. The summed E-state index contributed by atoms with van der Waals surface area (Å²) in [6.07, 6.45) is -4.76. The van der Waals surface area contributed by atoms with Crippen LogP contribution in [0.2, 0.25) is 5.02 Å². The molecule has 0 spiro atoms. The van der Waals surface area contributed by atoms with Gasteiger partial charge in [-0.25, -0.2) is 4.98 Å². The predicted octanol–water partition coefficient (Wildman–Crippen LogP) is 2.20. The molecular weight excluding hydrogens is 279 g/mol. The second kappa shape index (κ2) is 5.90. The van der Waals surface area contributed by atoms with Crippen LogP contribution >= 0.6 is 23.4 Å². The lowest BCUT2D eigenvalue weighted by molar-refractivity contribution is -0.137. The first-order valence-corrected chi connectivity index (χ1v) is 5.85. The second-order valence-electron chi connectivity index (χ2n) is 3.16. The van der Waals surface area contributed by atoms with Crippen LogP contribution in [-0.2, 0) is 6.18 Å². The summed E-state index contributed by atoms with van der Waals surface area (Å²) in [5.41, 5.74) is -0.922. The second-order valence-corrected chi connectivity index (χ2v) is 4.57. The first kappa shape index (κ1) is 14.6. The van der Waals surface area contributed by atoms with Gasteiger partial charge in [-0.3, -0.25) is 0 Å². The van der Waals surface area contributed by atoms with Crippen LogP contribution in [0.1, 0.15) is 5.56 Å². The molecule has 1 atom stereocenters. The van der Waals surface area contributed by atoms with Crippen LogP contribution in [0.5, 0.6) is 0 Å². The number of aliphatic hydroxyl groups is 2. The van der Waals surface area contributed by atoms with Gasteiger partial charge in [0.25, 0.3) is 0 Å². The van der Waals surface area contributed by atoms with E-state index in [4.69, 9.17) is 21.8 Å². The van der Waals surface area contributed by atoms with Crippen molar-refractivity contribution in [1.29, 1.82) is 0 Å². The number of nitrogens with zero attached hydrogens (tertiary/aromatic N) is 1. The molecule has 96 valence electrons. The fraction of sp³-hybridized carbons (Fsp3) is 0.444. The van der Waals surface area contributed by atoms with Gasteiger partial charge in [0.2, 0.25) is 0 Å². The number of thioether (sulfide) groups is 1. The van der Waals surface area contributed by atoms with Crippen molar-refractivity contribution >= 4 is 23.4 Å². The van der Waals surface area contributed by atoms with Crippen LogP contribution in [-0.4, -0.2) is 33.7 Å². The third kappa shape index (κ3) is 4.34. The van der Waals surface area contributed by atoms with Crippen molar-refractivity contribution in [3.05, 3.63) is 22.8 Å². The van der Waals surface area contributed by atoms with E-state index < -0.39 is 24.5 Å². The number of aromatic nitrogens is 1. The van der Waals surface area contributed by atoms with Gasteiger partial charge in [0, 0.05) is 11.9 Å². The van der Waals surface area contributed by atoms with E-state index in [2.05, 4.69) is 4.98 Å². The highest BCUT2D eigenvalue weighted by Crippen LogP contribution is 2.33. The van der Waals surface area contributed by atoms with Gasteiger partial charge in [0.05, 0.1) is 23.3 Å². The predicted molar refractivity (Wildman–Crippen MR) is 58.1 cm³/mol. The van der Waals surface area contributed by atoms with Gasteiger partial charge in [0.1, 0.15) is 5.03 Å². The molecule has 3 nitrogen and oxygen atoms in total. The van der Waals surface area contributed by atoms with E-state index in [9.17, 15) is 13.2 Å². The Morgan fingerprint density at radius 3 is 2.59 bits per heavy atom. The molecule has 0 aliphatic heterocycles. The van der Waals surface area contributed by atoms with Gasteiger partial charge in [-0.05, 0) is 6.07 Å². The summed E-state index contributed by atoms with van der Waals surface area (Å²) in [6.45, 7) is -0.425. The number of hydrogen-bond donors (Lipinski definition) is 2. The van der Waals surface area contributed by atoms with E-state index in [1.54, 1.807) is 0 Å². The first-order valence-electron chi connectivity index (χ1n) is 4.49. The molecule has 0 amide bonds. The summed E-state index contributed by atoms with van der Waals surface area (Å²) in [6, 6.07) is 0.780. The monoisotopic (exact) mass is 287 g/mol. The fourth-order valence-electron chi connectivity index (χ4n) is 0.914. The van der Waals surface area contributed by atoms with Crippen LogP contribution < -0.4 is 0 Å². The summed E-state index contributed by atoms with van der Waals surface area (Å²) in [5, 5.41) is 17.7. The van der Waals surface area contributed by atoms with Crippen molar-refractivity contribution in [3.8, 4) is 0 Å². The molecule has 0 aliphatic carbocycles. The standard InChI is InChI=1S/C9H9ClF3NO2S/c10-7-1-5(9(11,12)13)2-14-8(7)17-4-6(16)3-15/h1-2,6,15-16H,3-4H2. The summed E-state index contributed by atoms with van der Waals surface area (Å²) >= 11 is 6.61. The Hall–Kier alpha value is -0.500.